The van der Waals surface area contributed by atoms with Gasteiger partial charge in [-0.05, 0) is 56.2 Å². The van der Waals surface area contributed by atoms with Crippen LogP contribution < -0.4 is 19.8 Å². The van der Waals surface area contributed by atoms with E-state index in [1.54, 1.807) is 24.0 Å². The second-order valence-electron chi connectivity index (χ2n) is 11.3. The minimum absolute atomic E-state index is 0.0986. The summed E-state index contributed by atoms with van der Waals surface area (Å²) in [6.45, 7) is 1.20. The van der Waals surface area contributed by atoms with Crippen molar-refractivity contribution < 1.29 is 31.5 Å². The first-order valence-electron chi connectivity index (χ1n) is 13.8. The smallest absolute Gasteiger partial charge is 0.258 e. The lowest BCUT2D eigenvalue weighted by molar-refractivity contribution is -0.0222. The van der Waals surface area contributed by atoms with Crippen LogP contribution in [-0.4, -0.2) is 80.0 Å². The third kappa shape index (κ3) is 6.69. The van der Waals surface area contributed by atoms with Gasteiger partial charge in [0, 0.05) is 50.8 Å². The summed E-state index contributed by atoms with van der Waals surface area (Å²) < 4.78 is 68.0. The van der Waals surface area contributed by atoms with Gasteiger partial charge in [0.15, 0.2) is 0 Å². The molecule has 0 unspecified atom stereocenters. The molecule has 1 spiro atoms. The van der Waals surface area contributed by atoms with Gasteiger partial charge in [0.2, 0.25) is 16.0 Å². The van der Waals surface area contributed by atoms with Gasteiger partial charge in [-0.15, -0.1) is 0 Å². The van der Waals surface area contributed by atoms with Crippen LogP contribution in [0.1, 0.15) is 54.6 Å². The van der Waals surface area contributed by atoms with Crippen LogP contribution in [-0.2, 0) is 10.0 Å². The summed E-state index contributed by atoms with van der Waals surface area (Å²) in [5, 5.41) is 10.5. The Bertz CT molecular complexity index is 1380. The first kappa shape index (κ1) is 29.4. The van der Waals surface area contributed by atoms with Crippen molar-refractivity contribution in [3.8, 4) is 0 Å². The number of hydrogen-bond acceptors (Lipinski definition) is 8. The van der Waals surface area contributed by atoms with Crippen LogP contribution >= 0.6 is 0 Å². The van der Waals surface area contributed by atoms with Gasteiger partial charge in [0.1, 0.15) is 17.7 Å². The van der Waals surface area contributed by atoms with Crippen LogP contribution in [0.3, 0.4) is 0 Å². The number of halogens is 3. The Morgan fingerprint density at radius 1 is 1.02 bits per heavy atom. The zero-order chi connectivity index (χ0) is 29.4. The maximum absolute atomic E-state index is 13.7. The first-order chi connectivity index (χ1) is 19.4. The number of nitrogens with one attached hydrogen (secondary N) is 2. The highest BCUT2D eigenvalue weighted by atomic mass is 32.2. The number of aliphatic hydroxyl groups excluding tert-OH is 1. The van der Waals surface area contributed by atoms with Gasteiger partial charge < -0.3 is 20.2 Å². The number of hydrogen-bond donors (Lipinski definition) is 3. The van der Waals surface area contributed by atoms with Gasteiger partial charge in [-0.1, -0.05) is 0 Å². The average Bonchev–Trinajstić information content (AvgIpc) is 3.67. The molecule has 5 rings (SSSR count). The number of anilines is 4. The van der Waals surface area contributed by atoms with E-state index in [0.717, 1.165) is 12.8 Å². The monoisotopic (exact) mass is 596 g/mol. The quantitative estimate of drug-likeness (QED) is 0.400. The Hall–Kier alpha value is -3.13. The lowest BCUT2D eigenvalue weighted by Crippen LogP contribution is -2.40. The Morgan fingerprint density at radius 2 is 1.68 bits per heavy atom. The molecule has 2 saturated heterocycles. The molecule has 14 heteroatoms. The fourth-order valence-corrected chi connectivity index (χ4v) is 6.39. The molecule has 1 aromatic heterocycles. The summed E-state index contributed by atoms with van der Waals surface area (Å²) in [5.74, 6) is -2.72. The minimum atomic E-state index is -4.20. The molecule has 1 atom stereocenters. The van der Waals surface area contributed by atoms with E-state index >= 15 is 0 Å². The number of carbonyl (C=O) groups is 1. The number of piperidine rings is 2. The summed E-state index contributed by atoms with van der Waals surface area (Å²) in [5.41, 5.74) is 1.88. The molecule has 0 radical (unpaired) electrons. The van der Waals surface area contributed by atoms with Crippen molar-refractivity contribution in [2.75, 3.05) is 59.3 Å². The van der Waals surface area contributed by atoms with Crippen molar-refractivity contribution >= 4 is 39.1 Å². The summed E-state index contributed by atoms with van der Waals surface area (Å²) in [4.78, 5) is 26.1. The van der Waals surface area contributed by atoms with Gasteiger partial charge >= 0.3 is 0 Å². The van der Waals surface area contributed by atoms with E-state index in [1.807, 2.05) is 4.90 Å². The normalized spacial score (nSPS) is 20.5. The van der Waals surface area contributed by atoms with Gasteiger partial charge in [-0.2, -0.15) is 4.98 Å². The molecular weight excluding hydrogens is 561 g/mol. The van der Waals surface area contributed by atoms with Crippen LogP contribution in [0.5, 0.6) is 0 Å². The predicted molar refractivity (Wildman–Crippen MR) is 150 cm³/mol. The summed E-state index contributed by atoms with van der Waals surface area (Å²) >= 11 is 0. The maximum atomic E-state index is 13.7. The molecule has 41 heavy (non-hydrogen) atoms. The Balaban J connectivity index is 1.40. The largest absolute Gasteiger partial charge is 0.395 e. The number of nitrogens with zero attached hydrogens (tertiary/aromatic N) is 4. The van der Waals surface area contributed by atoms with Crippen LogP contribution in [0.25, 0.3) is 0 Å². The van der Waals surface area contributed by atoms with Gasteiger partial charge in [-0.3, -0.25) is 9.52 Å². The number of aryl methyl sites for hydroxylation is 1. The number of benzene rings is 1. The molecule has 3 aliphatic rings. The Morgan fingerprint density at radius 3 is 2.29 bits per heavy atom. The van der Waals surface area contributed by atoms with Gasteiger partial charge in [0.05, 0.1) is 23.5 Å². The van der Waals surface area contributed by atoms with Crippen molar-refractivity contribution in [3.63, 3.8) is 0 Å². The van der Waals surface area contributed by atoms with E-state index in [1.165, 1.54) is 25.0 Å². The van der Waals surface area contributed by atoms with E-state index in [2.05, 4.69) is 20.0 Å². The summed E-state index contributed by atoms with van der Waals surface area (Å²) in [7, 11) is -4.20. The molecule has 1 aromatic carbocycles. The number of rotatable bonds is 9. The van der Waals surface area contributed by atoms with E-state index in [-0.39, 0.29) is 43.4 Å². The number of amides is 1. The number of carbonyl (C=O) groups excluding carboxylic acids is 1. The van der Waals surface area contributed by atoms with Crippen molar-refractivity contribution in [2.45, 2.75) is 56.6 Å². The number of sulfonamides is 1. The topological polar surface area (TPSA) is 128 Å². The fourth-order valence-electron chi connectivity index (χ4n) is 5.40. The summed E-state index contributed by atoms with van der Waals surface area (Å²) in [6.07, 6.45) is 3.69. The van der Waals surface area contributed by atoms with Gasteiger partial charge in [0.25, 0.3) is 11.8 Å². The molecule has 3 fully saturated rings. The van der Waals surface area contributed by atoms with Gasteiger partial charge in [-0.25, -0.2) is 26.6 Å². The predicted octanol–water partition coefficient (Wildman–Crippen LogP) is 3.73. The zero-order valence-electron chi connectivity index (χ0n) is 22.9. The van der Waals surface area contributed by atoms with Crippen molar-refractivity contribution in [1.82, 2.24) is 9.97 Å². The van der Waals surface area contributed by atoms with Crippen molar-refractivity contribution in [1.29, 1.82) is 0 Å². The highest BCUT2D eigenvalue weighted by molar-refractivity contribution is 7.93. The average molecular weight is 597 g/mol. The van der Waals surface area contributed by atoms with E-state index in [9.17, 15) is 31.5 Å². The molecule has 2 aliphatic heterocycles. The fraction of sp³-hybridized carbons (Fsp3) is 0.593. The lowest BCUT2D eigenvalue weighted by atomic mass is 9.93. The molecule has 1 amide bonds. The molecule has 10 nitrogen and oxygen atoms in total. The van der Waals surface area contributed by atoms with Crippen molar-refractivity contribution in [3.05, 3.63) is 35.5 Å². The zero-order valence-corrected chi connectivity index (χ0v) is 23.7. The Labute approximate surface area is 237 Å². The lowest BCUT2D eigenvalue weighted by Gasteiger charge is -2.35. The maximum Gasteiger partial charge on any atom is 0.258 e. The van der Waals surface area contributed by atoms with Crippen LogP contribution in [0, 0.1) is 12.3 Å². The molecule has 2 aromatic rings. The van der Waals surface area contributed by atoms with E-state index in [0.29, 0.717) is 35.4 Å². The van der Waals surface area contributed by atoms with E-state index in [4.69, 9.17) is 0 Å². The molecule has 0 bridgehead atoms. The SMILES string of the molecule is Cc1cc(NC(=O)c2ccc(NS(=O)(=O)[C@H](CO)CF)cc2N2CCC3(CC2)CC3)nc(N2CCC(F)(F)CC2)n1. The van der Waals surface area contributed by atoms with Crippen molar-refractivity contribution in [2.24, 2.45) is 5.41 Å². The van der Waals surface area contributed by atoms with Crippen LogP contribution in [0.4, 0.5) is 36.3 Å². The molecule has 1 saturated carbocycles. The highest BCUT2D eigenvalue weighted by Crippen LogP contribution is 2.54. The Kier molecular flexibility index (Phi) is 8.07. The minimum Gasteiger partial charge on any atom is -0.395 e. The number of aromatic nitrogens is 2. The number of alkyl halides is 3. The molecular formula is C27H35F3N6O4S. The molecule has 3 N–H and O–H groups in total. The second kappa shape index (κ2) is 11.3. The standard InChI is InChI=1S/C27H35F3N6O4S/c1-18-14-23(33-25(31-18)36-12-8-27(29,30)9-13-36)32-24(38)21-3-2-19(34-41(39,40)20(16-28)17-37)15-22(21)35-10-6-26(4-5-26)7-11-35/h2-3,14-15,20,34,37H,4-13,16-17H2,1H3,(H,31,32,33,38)/t20-/m0/s1. The highest BCUT2D eigenvalue weighted by Gasteiger charge is 2.44. The molecule has 1 aliphatic carbocycles. The first-order valence-corrected chi connectivity index (χ1v) is 15.3. The van der Waals surface area contributed by atoms with E-state index < -0.39 is 40.4 Å². The van der Waals surface area contributed by atoms with Crippen LogP contribution in [0.2, 0.25) is 0 Å². The second-order valence-corrected chi connectivity index (χ2v) is 13.3. The third-order valence-electron chi connectivity index (χ3n) is 8.30. The van der Waals surface area contributed by atoms with Crippen LogP contribution in [0.15, 0.2) is 24.3 Å². The third-order valence-corrected chi connectivity index (χ3v) is 9.97. The summed E-state index contributed by atoms with van der Waals surface area (Å²) in [6, 6.07) is 6.05. The number of aliphatic hydroxyl groups is 1. The molecule has 3 heterocycles. The molecule has 224 valence electrons.